The van der Waals surface area contributed by atoms with Crippen molar-refractivity contribution in [3.05, 3.63) is 111 Å². The van der Waals surface area contributed by atoms with Crippen LogP contribution >= 0.6 is 27.3 Å². The van der Waals surface area contributed by atoms with E-state index in [9.17, 15) is 18.0 Å². The lowest BCUT2D eigenvalue weighted by Gasteiger charge is -2.37. The van der Waals surface area contributed by atoms with Gasteiger partial charge in [-0.25, -0.2) is 13.2 Å². The van der Waals surface area contributed by atoms with Gasteiger partial charge in [0.2, 0.25) is 5.76 Å². The molecule has 47 heavy (non-hydrogen) atoms. The molecular formula is C35H34BrN3O6S2. The zero-order valence-corrected chi connectivity index (χ0v) is 28.9. The van der Waals surface area contributed by atoms with Crippen molar-refractivity contribution >= 4 is 71.5 Å². The number of ether oxygens (including phenoxy) is 1. The predicted octanol–water partition coefficient (Wildman–Crippen LogP) is 7.27. The van der Waals surface area contributed by atoms with Gasteiger partial charge >= 0.3 is 5.97 Å². The number of benzene rings is 3. The number of nitrogens with one attached hydrogen (secondary N) is 1. The van der Waals surface area contributed by atoms with Crippen molar-refractivity contribution in [1.29, 1.82) is 0 Å². The van der Waals surface area contributed by atoms with E-state index in [4.69, 9.17) is 9.15 Å². The molecule has 9 nitrogen and oxygen atoms in total. The fraction of sp³-hybridized carbons (Fsp3) is 0.257. The Morgan fingerprint density at radius 2 is 1.77 bits per heavy atom. The standard InChI is InChI=1S/C35H34BrN3O6S2/c1-2-44-35(41)32-23-25-22-27(12-13-31(25)45-32)47(42,43)39(20-14-24-8-4-3-5-9-24)30-11-7-6-10-29(30)38-18-15-26(16-19-38)37-34(40)33-28(36)17-21-46-33/h3-13,17,21-23,26H,2,14-16,18-20H2,1H3,(H,37,40). The molecule has 2 aromatic heterocycles. The number of esters is 1. The van der Waals surface area contributed by atoms with Crippen LogP contribution in [0.3, 0.4) is 0 Å². The highest BCUT2D eigenvalue weighted by Crippen LogP contribution is 2.36. The highest BCUT2D eigenvalue weighted by molar-refractivity contribution is 9.10. The molecule has 3 aromatic carbocycles. The van der Waals surface area contributed by atoms with Crippen LogP contribution in [0.15, 0.2) is 104 Å². The van der Waals surface area contributed by atoms with Crippen LogP contribution in [0.5, 0.6) is 0 Å². The maximum atomic E-state index is 14.5. The summed E-state index contributed by atoms with van der Waals surface area (Å²) in [4.78, 5) is 28.0. The second-order valence-corrected chi connectivity index (χ2v) is 14.8. The zero-order valence-electron chi connectivity index (χ0n) is 25.7. The van der Waals surface area contributed by atoms with Crippen LogP contribution in [0.25, 0.3) is 11.0 Å². The topological polar surface area (TPSA) is 109 Å². The van der Waals surface area contributed by atoms with E-state index in [0.717, 1.165) is 28.6 Å². The van der Waals surface area contributed by atoms with Crippen LogP contribution in [-0.2, 0) is 21.2 Å². The summed E-state index contributed by atoms with van der Waals surface area (Å²) in [6, 6.07) is 25.3. The molecule has 0 saturated carbocycles. The van der Waals surface area contributed by atoms with Crippen molar-refractivity contribution in [2.45, 2.75) is 37.1 Å². The van der Waals surface area contributed by atoms with Crippen molar-refractivity contribution in [2.24, 2.45) is 0 Å². The number of hydrogen-bond acceptors (Lipinski definition) is 8. The molecule has 0 aliphatic carbocycles. The van der Waals surface area contributed by atoms with Gasteiger partial charge in [0.05, 0.1) is 22.9 Å². The van der Waals surface area contributed by atoms with Crippen molar-refractivity contribution in [3.8, 4) is 0 Å². The van der Waals surface area contributed by atoms with Crippen molar-refractivity contribution in [3.63, 3.8) is 0 Å². The summed E-state index contributed by atoms with van der Waals surface area (Å²) in [7, 11) is -4.07. The molecule has 1 aliphatic rings. The second kappa shape index (κ2) is 14.3. The molecule has 3 heterocycles. The number of piperidine rings is 1. The number of fused-ring (bicyclic) bond motifs is 1. The van der Waals surface area contributed by atoms with Gasteiger partial charge in [-0.2, -0.15) is 0 Å². The highest BCUT2D eigenvalue weighted by Gasteiger charge is 2.30. The Labute approximate surface area is 286 Å². The van der Waals surface area contributed by atoms with Gasteiger partial charge in [0.25, 0.3) is 15.9 Å². The Hall–Kier alpha value is -4.13. The number of para-hydroxylation sites is 2. The number of amides is 1. The highest BCUT2D eigenvalue weighted by atomic mass is 79.9. The molecule has 1 aliphatic heterocycles. The maximum absolute atomic E-state index is 14.5. The number of thiophene rings is 1. The SMILES string of the molecule is CCOC(=O)c1cc2cc(S(=O)(=O)N(CCc3ccccc3)c3ccccc3N3CCC(NC(=O)c4sccc4Br)CC3)ccc2o1. The third-order valence-electron chi connectivity index (χ3n) is 8.14. The van der Waals surface area contributed by atoms with Gasteiger partial charge < -0.3 is 19.4 Å². The van der Waals surface area contributed by atoms with Gasteiger partial charge in [0.15, 0.2) is 0 Å². The zero-order chi connectivity index (χ0) is 33.0. The Morgan fingerprint density at radius 1 is 1.02 bits per heavy atom. The first-order valence-corrected chi connectivity index (χ1v) is 18.5. The van der Waals surface area contributed by atoms with Gasteiger partial charge in [0.1, 0.15) is 10.5 Å². The Balaban J connectivity index is 1.28. The van der Waals surface area contributed by atoms with Crippen molar-refractivity contribution < 1.29 is 27.2 Å². The molecule has 0 atom stereocenters. The summed E-state index contributed by atoms with van der Waals surface area (Å²) in [5.74, 6) is -0.674. The minimum Gasteiger partial charge on any atom is -0.460 e. The molecule has 1 saturated heterocycles. The number of sulfonamides is 1. The number of carbonyl (C=O) groups excluding carboxylic acids is 2. The molecule has 244 valence electrons. The third kappa shape index (κ3) is 7.24. The quantitative estimate of drug-likeness (QED) is 0.142. The Kier molecular flexibility index (Phi) is 10.00. The summed E-state index contributed by atoms with van der Waals surface area (Å²) in [6.07, 6.45) is 1.95. The number of carbonyl (C=O) groups is 2. The summed E-state index contributed by atoms with van der Waals surface area (Å²) >= 11 is 4.84. The summed E-state index contributed by atoms with van der Waals surface area (Å²) in [5, 5.41) is 5.53. The normalized spacial score (nSPS) is 13.9. The van der Waals surface area contributed by atoms with Crippen LogP contribution < -0.4 is 14.5 Å². The van der Waals surface area contributed by atoms with Crippen LogP contribution in [-0.4, -0.2) is 52.6 Å². The second-order valence-electron chi connectivity index (χ2n) is 11.2. The molecule has 1 N–H and O–H groups in total. The third-order valence-corrected chi connectivity index (χ3v) is 11.8. The molecule has 0 spiro atoms. The smallest absolute Gasteiger partial charge is 0.374 e. The van der Waals surface area contributed by atoms with Crippen LogP contribution in [0.4, 0.5) is 11.4 Å². The van der Waals surface area contributed by atoms with E-state index in [1.807, 2.05) is 66.0 Å². The molecule has 1 amide bonds. The predicted molar refractivity (Wildman–Crippen MR) is 188 cm³/mol. The van der Waals surface area contributed by atoms with E-state index in [2.05, 4.69) is 26.1 Å². The van der Waals surface area contributed by atoms with Gasteiger partial charge in [-0.15, -0.1) is 11.3 Å². The lowest BCUT2D eigenvalue weighted by Crippen LogP contribution is -2.45. The van der Waals surface area contributed by atoms with E-state index >= 15 is 0 Å². The number of anilines is 2. The fourth-order valence-corrected chi connectivity index (χ4v) is 8.74. The van der Waals surface area contributed by atoms with E-state index in [-0.39, 0.29) is 35.8 Å². The number of rotatable bonds is 11. The fourth-order valence-electron chi connectivity index (χ4n) is 5.77. The lowest BCUT2D eigenvalue weighted by molar-refractivity contribution is 0.0492. The van der Waals surface area contributed by atoms with Gasteiger partial charge in [-0.3, -0.25) is 9.10 Å². The number of nitrogens with zero attached hydrogens (tertiary/aromatic N) is 2. The summed E-state index contributed by atoms with van der Waals surface area (Å²) in [6.45, 7) is 3.42. The van der Waals surface area contributed by atoms with Crippen LogP contribution in [0, 0.1) is 0 Å². The molecule has 1 fully saturated rings. The molecule has 12 heteroatoms. The largest absolute Gasteiger partial charge is 0.460 e. The van der Waals surface area contributed by atoms with E-state index in [1.54, 1.807) is 13.0 Å². The van der Waals surface area contributed by atoms with Crippen molar-refractivity contribution in [2.75, 3.05) is 35.4 Å². The summed E-state index contributed by atoms with van der Waals surface area (Å²) < 4.78 is 42.0. The Bertz CT molecular complexity index is 1980. The van der Waals surface area contributed by atoms with Gasteiger partial charge in [-0.05, 0) is 95.5 Å². The minimum atomic E-state index is -4.07. The molecule has 0 unspecified atom stereocenters. The van der Waals surface area contributed by atoms with Gasteiger partial charge in [-0.1, -0.05) is 42.5 Å². The summed E-state index contributed by atoms with van der Waals surface area (Å²) in [5.41, 5.74) is 2.80. The van der Waals surface area contributed by atoms with E-state index < -0.39 is 16.0 Å². The lowest BCUT2D eigenvalue weighted by atomic mass is 10.0. The first-order valence-electron chi connectivity index (χ1n) is 15.4. The number of hydrogen-bond donors (Lipinski definition) is 1. The van der Waals surface area contributed by atoms with E-state index in [1.165, 1.54) is 33.8 Å². The average molecular weight is 737 g/mol. The molecule has 5 aromatic rings. The first kappa shape index (κ1) is 32.8. The molecule has 6 rings (SSSR count). The minimum absolute atomic E-state index is 0.0130. The molecular weight excluding hydrogens is 702 g/mol. The number of furan rings is 1. The molecule has 0 radical (unpaired) electrons. The average Bonchev–Trinajstić information content (AvgIpc) is 3.72. The number of halogens is 1. The Morgan fingerprint density at radius 3 is 2.49 bits per heavy atom. The van der Waals surface area contributed by atoms with Crippen LogP contribution in [0.1, 0.15) is 45.6 Å². The van der Waals surface area contributed by atoms with Crippen molar-refractivity contribution in [1.82, 2.24) is 5.32 Å². The molecule has 0 bridgehead atoms. The monoisotopic (exact) mass is 735 g/mol. The van der Waals surface area contributed by atoms with E-state index in [0.29, 0.717) is 41.0 Å². The maximum Gasteiger partial charge on any atom is 0.374 e. The first-order chi connectivity index (χ1) is 22.7. The van der Waals surface area contributed by atoms with Crippen LogP contribution in [0.2, 0.25) is 0 Å². The van der Waals surface area contributed by atoms with Gasteiger partial charge in [0, 0.05) is 35.5 Å².